The largest absolute Gasteiger partial charge is 0.354 e. The Kier molecular flexibility index (Phi) is 4.51. The molecule has 1 heterocycles. The zero-order chi connectivity index (χ0) is 14.7. The van der Waals surface area contributed by atoms with E-state index < -0.39 is 0 Å². The number of aryl methyl sites for hydroxylation is 1. The van der Waals surface area contributed by atoms with Crippen LogP contribution in [0.2, 0.25) is 0 Å². The molecule has 0 spiro atoms. The average Bonchev–Trinajstić information content (AvgIpc) is 3.11. The maximum atomic E-state index is 4.38. The molecule has 2 saturated carbocycles. The number of nitrogens with zero attached hydrogens (tertiary/aromatic N) is 2. The Morgan fingerprint density at radius 3 is 2.90 bits per heavy atom. The van der Waals surface area contributed by atoms with Crippen LogP contribution in [0.25, 0.3) is 0 Å². The van der Waals surface area contributed by atoms with Gasteiger partial charge in [-0.25, -0.2) is 0 Å². The summed E-state index contributed by atoms with van der Waals surface area (Å²) in [7, 11) is 3.94. The summed E-state index contributed by atoms with van der Waals surface area (Å²) in [5.41, 5.74) is 1.28. The van der Waals surface area contributed by atoms with Gasteiger partial charge in [-0.05, 0) is 43.2 Å². The first kappa shape index (κ1) is 14.5. The van der Waals surface area contributed by atoms with Crippen molar-refractivity contribution in [3.05, 3.63) is 24.0 Å². The lowest BCUT2D eigenvalue weighted by molar-refractivity contribution is 0.239. The first-order chi connectivity index (χ1) is 10.3. The van der Waals surface area contributed by atoms with Gasteiger partial charge < -0.3 is 15.2 Å². The molecule has 0 saturated heterocycles. The van der Waals surface area contributed by atoms with Gasteiger partial charge in [-0.1, -0.05) is 19.3 Å². The molecule has 0 radical (unpaired) electrons. The Hall–Kier alpha value is -1.45. The average molecular weight is 288 g/mol. The zero-order valence-electron chi connectivity index (χ0n) is 13.3. The molecular formula is C17H28N4. The van der Waals surface area contributed by atoms with E-state index >= 15 is 0 Å². The fraction of sp³-hybridized carbons (Fsp3) is 0.706. The minimum absolute atomic E-state index is 0.601. The van der Waals surface area contributed by atoms with E-state index in [2.05, 4.69) is 45.6 Å². The Balaban J connectivity index is 1.49. The van der Waals surface area contributed by atoms with Crippen LogP contribution in [0, 0.1) is 11.8 Å². The second-order valence-electron chi connectivity index (χ2n) is 6.64. The van der Waals surface area contributed by atoms with E-state index in [9.17, 15) is 0 Å². The van der Waals surface area contributed by atoms with Crippen LogP contribution in [0.4, 0.5) is 0 Å². The minimum Gasteiger partial charge on any atom is -0.354 e. The molecule has 0 aromatic carbocycles. The topological polar surface area (TPSA) is 41.4 Å². The quantitative estimate of drug-likeness (QED) is 0.663. The van der Waals surface area contributed by atoms with Crippen molar-refractivity contribution in [2.45, 2.75) is 51.1 Å². The maximum Gasteiger partial charge on any atom is 0.191 e. The van der Waals surface area contributed by atoms with Crippen LogP contribution < -0.4 is 10.6 Å². The summed E-state index contributed by atoms with van der Waals surface area (Å²) in [4.78, 5) is 4.38. The summed E-state index contributed by atoms with van der Waals surface area (Å²) in [6.07, 6.45) is 10.5. The van der Waals surface area contributed by atoms with Gasteiger partial charge in [-0.2, -0.15) is 0 Å². The molecule has 1 aromatic rings. The predicted octanol–water partition coefficient (Wildman–Crippen LogP) is 2.66. The first-order valence-electron chi connectivity index (χ1n) is 8.33. The van der Waals surface area contributed by atoms with E-state index in [1.165, 1.54) is 44.2 Å². The number of hydrogen-bond donors (Lipinski definition) is 2. The fourth-order valence-electron chi connectivity index (χ4n) is 4.08. The minimum atomic E-state index is 0.601. The molecule has 3 rings (SSSR count). The molecule has 2 aliphatic carbocycles. The van der Waals surface area contributed by atoms with E-state index in [0.717, 1.165) is 24.3 Å². The van der Waals surface area contributed by atoms with Crippen molar-refractivity contribution in [1.29, 1.82) is 0 Å². The third-order valence-corrected chi connectivity index (χ3v) is 5.34. The first-order valence-corrected chi connectivity index (χ1v) is 8.33. The number of fused-ring (bicyclic) bond motifs is 1. The number of rotatable bonds is 3. The molecule has 0 aliphatic heterocycles. The highest BCUT2D eigenvalue weighted by Crippen LogP contribution is 2.41. The summed E-state index contributed by atoms with van der Waals surface area (Å²) in [5.74, 6) is 2.92. The number of hydrogen-bond acceptors (Lipinski definition) is 1. The van der Waals surface area contributed by atoms with Gasteiger partial charge in [-0.15, -0.1) is 0 Å². The van der Waals surface area contributed by atoms with Gasteiger partial charge in [0.15, 0.2) is 5.96 Å². The maximum absolute atomic E-state index is 4.38. The molecule has 21 heavy (non-hydrogen) atoms. The van der Waals surface area contributed by atoms with Crippen molar-refractivity contribution in [2.75, 3.05) is 7.05 Å². The van der Waals surface area contributed by atoms with Gasteiger partial charge in [0.05, 0.1) is 6.54 Å². The van der Waals surface area contributed by atoms with Crippen LogP contribution in [0.3, 0.4) is 0 Å². The third-order valence-electron chi connectivity index (χ3n) is 5.34. The SMILES string of the molecule is CN=C(NCc1cccn1C)NC1CCC2CCCC2C1. The Labute approximate surface area is 128 Å². The molecule has 0 amide bonds. The van der Waals surface area contributed by atoms with E-state index in [4.69, 9.17) is 0 Å². The summed E-state index contributed by atoms with van der Waals surface area (Å²) in [6.45, 7) is 0.821. The second-order valence-corrected chi connectivity index (χ2v) is 6.64. The number of guanidine groups is 1. The van der Waals surface area contributed by atoms with Gasteiger partial charge in [0.1, 0.15) is 0 Å². The third kappa shape index (κ3) is 3.42. The summed E-state index contributed by atoms with van der Waals surface area (Å²) >= 11 is 0. The highest BCUT2D eigenvalue weighted by Gasteiger charge is 2.33. The van der Waals surface area contributed by atoms with Crippen LogP contribution in [-0.4, -0.2) is 23.6 Å². The van der Waals surface area contributed by atoms with Crippen molar-refractivity contribution < 1.29 is 0 Å². The lowest BCUT2D eigenvalue weighted by atomic mass is 9.79. The van der Waals surface area contributed by atoms with Crippen molar-refractivity contribution in [1.82, 2.24) is 15.2 Å². The molecule has 2 aliphatic rings. The predicted molar refractivity (Wildman–Crippen MR) is 87.2 cm³/mol. The monoisotopic (exact) mass is 288 g/mol. The lowest BCUT2D eigenvalue weighted by Gasteiger charge is -2.33. The van der Waals surface area contributed by atoms with Crippen LogP contribution >= 0.6 is 0 Å². The molecule has 3 atom stereocenters. The van der Waals surface area contributed by atoms with Gasteiger partial charge in [0.25, 0.3) is 0 Å². The van der Waals surface area contributed by atoms with Gasteiger partial charge in [-0.3, -0.25) is 4.99 Å². The van der Waals surface area contributed by atoms with E-state index in [1.807, 2.05) is 7.05 Å². The van der Waals surface area contributed by atoms with Crippen LogP contribution in [0.1, 0.15) is 44.2 Å². The fourth-order valence-corrected chi connectivity index (χ4v) is 4.08. The summed E-state index contributed by atoms with van der Waals surface area (Å²) < 4.78 is 2.14. The Morgan fingerprint density at radius 2 is 2.14 bits per heavy atom. The van der Waals surface area contributed by atoms with Crippen molar-refractivity contribution in [3.63, 3.8) is 0 Å². The number of nitrogens with one attached hydrogen (secondary N) is 2. The molecular weight excluding hydrogens is 260 g/mol. The smallest absolute Gasteiger partial charge is 0.191 e. The Morgan fingerprint density at radius 1 is 1.29 bits per heavy atom. The van der Waals surface area contributed by atoms with E-state index in [1.54, 1.807) is 0 Å². The van der Waals surface area contributed by atoms with Gasteiger partial charge >= 0.3 is 0 Å². The molecule has 2 fully saturated rings. The standard InChI is InChI=1S/C17H28N4/c1-18-17(19-12-16-7-4-10-21(16)2)20-15-9-8-13-5-3-6-14(13)11-15/h4,7,10,13-15H,3,5-6,8-9,11-12H2,1-2H3,(H2,18,19,20). The van der Waals surface area contributed by atoms with Crippen LogP contribution in [0.5, 0.6) is 0 Å². The second kappa shape index (κ2) is 6.54. The van der Waals surface area contributed by atoms with Crippen LogP contribution in [-0.2, 0) is 13.6 Å². The molecule has 1 aromatic heterocycles. The number of aliphatic imine (C=N–C) groups is 1. The van der Waals surface area contributed by atoms with Crippen molar-refractivity contribution in [3.8, 4) is 0 Å². The highest BCUT2D eigenvalue weighted by atomic mass is 15.2. The molecule has 3 unspecified atom stereocenters. The van der Waals surface area contributed by atoms with E-state index in [0.29, 0.717) is 6.04 Å². The van der Waals surface area contributed by atoms with Crippen LogP contribution in [0.15, 0.2) is 23.3 Å². The Bertz CT molecular complexity index is 491. The normalized spacial score (nSPS) is 29.2. The molecule has 2 N–H and O–H groups in total. The lowest BCUT2D eigenvalue weighted by Crippen LogP contribution is -2.45. The molecule has 4 heteroatoms. The van der Waals surface area contributed by atoms with Crippen molar-refractivity contribution in [2.24, 2.45) is 23.9 Å². The highest BCUT2D eigenvalue weighted by molar-refractivity contribution is 5.79. The van der Waals surface area contributed by atoms with E-state index in [-0.39, 0.29) is 0 Å². The molecule has 0 bridgehead atoms. The van der Waals surface area contributed by atoms with Gasteiger partial charge in [0, 0.05) is 32.0 Å². The van der Waals surface area contributed by atoms with Crippen molar-refractivity contribution >= 4 is 5.96 Å². The molecule has 4 nitrogen and oxygen atoms in total. The summed E-state index contributed by atoms with van der Waals surface area (Å²) in [5, 5.41) is 7.07. The molecule has 116 valence electrons. The summed E-state index contributed by atoms with van der Waals surface area (Å²) in [6, 6.07) is 4.82. The van der Waals surface area contributed by atoms with Gasteiger partial charge in [0.2, 0.25) is 0 Å². The zero-order valence-corrected chi connectivity index (χ0v) is 13.3. The number of aromatic nitrogens is 1.